The molecule has 0 aliphatic rings. The molecular weight excluding hydrogens is 240 g/mol. The van der Waals surface area contributed by atoms with Crippen LogP contribution >= 0.6 is 11.3 Å². The summed E-state index contributed by atoms with van der Waals surface area (Å²) in [4.78, 5) is 1.39. The van der Waals surface area contributed by atoms with Crippen molar-refractivity contribution < 1.29 is 0 Å². The number of benzene rings is 1. The molecular formula is C15H16N2S. The van der Waals surface area contributed by atoms with Gasteiger partial charge in [0, 0.05) is 22.0 Å². The first kappa shape index (κ1) is 11.5. The first-order valence-electron chi connectivity index (χ1n) is 6.17. The number of fused-ring (bicyclic) bond motifs is 1. The summed E-state index contributed by atoms with van der Waals surface area (Å²) in [5.74, 6) is 0. The summed E-state index contributed by atoms with van der Waals surface area (Å²) in [7, 11) is 0. The summed E-state index contributed by atoms with van der Waals surface area (Å²) in [6.45, 7) is 1.66. The van der Waals surface area contributed by atoms with E-state index in [9.17, 15) is 0 Å². The van der Waals surface area contributed by atoms with Crippen LogP contribution in [-0.4, -0.2) is 11.1 Å². The second kappa shape index (κ2) is 4.96. The van der Waals surface area contributed by atoms with Crippen LogP contribution < -0.4 is 5.73 Å². The van der Waals surface area contributed by atoms with Crippen molar-refractivity contribution in [3.63, 3.8) is 0 Å². The van der Waals surface area contributed by atoms with E-state index >= 15 is 0 Å². The monoisotopic (exact) mass is 256 g/mol. The number of rotatable bonds is 4. The molecule has 2 heterocycles. The molecule has 0 aliphatic carbocycles. The lowest BCUT2D eigenvalue weighted by molar-refractivity contribution is 0.851. The van der Waals surface area contributed by atoms with Crippen molar-refractivity contribution in [3.05, 3.63) is 58.4 Å². The molecule has 2 aromatic heterocycles. The van der Waals surface area contributed by atoms with Crippen LogP contribution in [0, 0.1) is 0 Å². The molecule has 2 N–H and O–H groups in total. The van der Waals surface area contributed by atoms with Crippen LogP contribution in [0.1, 0.15) is 10.4 Å². The normalized spacial score (nSPS) is 11.2. The lowest BCUT2D eigenvalue weighted by Gasteiger charge is -2.05. The van der Waals surface area contributed by atoms with Crippen molar-refractivity contribution in [2.24, 2.45) is 5.73 Å². The van der Waals surface area contributed by atoms with E-state index in [1.54, 1.807) is 11.3 Å². The highest BCUT2D eigenvalue weighted by Crippen LogP contribution is 2.22. The Balaban J connectivity index is 2.01. The molecule has 18 heavy (non-hydrogen) atoms. The highest BCUT2D eigenvalue weighted by Gasteiger charge is 2.05. The summed E-state index contributed by atoms with van der Waals surface area (Å²) in [5, 5.41) is 3.46. The van der Waals surface area contributed by atoms with Gasteiger partial charge in [0.05, 0.1) is 6.54 Å². The molecule has 0 radical (unpaired) electrons. The van der Waals surface area contributed by atoms with Crippen molar-refractivity contribution in [1.29, 1.82) is 0 Å². The van der Waals surface area contributed by atoms with Gasteiger partial charge >= 0.3 is 0 Å². The van der Waals surface area contributed by atoms with Crippen molar-refractivity contribution in [2.75, 3.05) is 6.54 Å². The van der Waals surface area contributed by atoms with Crippen LogP contribution in [0.3, 0.4) is 0 Å². The summed E-state index contributed by atoms with van der Waals surface area (Å²) in [6, 6.07) is 13.0. The maximum atomic E-state index is 5.66. The molecule has 0 fully saturated rings. The topological polar surface area (TPSA) is 30.9 Å². The van der Waals surface area contributed by atoms with Crippen molar-refractivity contribution in [3.8, 4) is 0 Å². The molecule has 3 rings (SSSR count). The largest absolute Gasteiger partial charge is 0.342 e. The molecule has 0 saturated heterocycles. The van der Waals surface area contributed by atoms with Gasteiger partial charge in [-0.05, 0) is 42.1 Å². The minimum absolute atomic E-state index is 0.704. The summed E-state index contributed by atoms with van der Waals surface area (Å²) < 4.78 is 2.31. The second-order valence-corrected chi connectivity index (χ2v) is 5.44. The Kier molecular flexibility index (Phi) is 3.17. The molecule has 3 aromatic rings. The van der Waals surface area contributed by atoms with E-state index in [1.807, 2.05) is 0 Å². The van der Waals surface area contributed by atoms with Crippen LogP contribution in [0.5, 0.6) is 0 Å². The van der Waals surface area contributed by atoms with E-state index in [0.717, 1.165) is 13.0 Å². The molecule has 3 heteroatoms. The van der Waals surface area contributed by atoms with Gasteiger partial charge < -0.3 is 10.3 Å². The Morgan fingerprint density at radius 2 is 2.06 bits per heavy atom. The zero-order valence-electron chi connectivity index (χ0n) is 10.2. The van der Waals surface area contributed by atoms with Gasteiger partial charge in [0.15, 0.2) is 0 Å². The molecule has 0 aliphatic heterocycles. The Morgan fingerprint density at radius 1 is 1.11 bits per heavy atom. The van der Waals surface area contributed by atoms with Crippen LogP contribution in [0.25, 0.3) is 10.9 Å². The fraction of sp³-hybridized carbons (Fsp3) is 0.200. The Hall–Kier alpha value is -1.58. The Labute approximate surface area is 111 Å². The average molecular weight is 256 g/mol. The number of hydrogen-bond donors (Lipinski definition) is 1. The van der Waals surface area contributed by atoms with Gasteiger partial charge in [-0.2, -0.15) is 0 Å². The Morgan fingerprint density at radius 3 is 2.83 bits per heavy atom. The average Bonchev–Trinajstić information content (AvgIpc) is 3.01. The predicted molar refractivity (Wildman–Crippen MR) is 78.1 cm³/mol. The SMILES string of the molecule is NCCc1cccc2c1ccn2Cc1cccs1. The van der Waals surface area contributed by atoms with E-state index in [0.29, 0.717) is 6.54 Å². The van der Waals surface area contributed by atoms with Crippen molar-refractivity contribution in [2.45, 2.75) is 13.0 Å². The fourth-order valence-corrected chi connectivity index (χ4v) is 3.07. The van der Waals surface area contributed by atoms with Crippen molar-refractivity contribution >= 4 is 22.2 Å². The van der Waals surface area contributed by atoms with Gasteiger partial charge in [-0.1, -0.05) is 18.2 Å². The van der Waals surface area contributed by atoms with Crippen molar-refractivity contribution in [1.82, 2.24) is 4.57 Å². The molecule has 92 valence electrons. The number of nitrogens with zero attached hydrogens (tertiary/aromatic N) is 1. The molecule has 0 spiro atoms. The molecule has 0 atom stereocenters. The number of thiophene rings is 1. The zero-order chi connectivity index (χ0) is 12.4. The minimum atomic E-state index is 0.704. The number of aromatic nitrogens is 1. The molecule has 0 amide bonds. The van der Waals surface area contributed by atoms with E-state index in [-0.39, 0.29) is 0 Å². The third-order valence-corrected chi connectivity index (χ3v) is 4.09. The van der Waals surface area contributed by atoms with E-state index in [1.165, 1.54) is 21.3 Å². The van der Waals surface area contributed by atoms with Gasteiger partial charge in [-0.3, -0.25) is 0 Å². The smallest absolute Gasteiger partial charge is 0.0569 e. The van der Waals surface area contributed by atoms with Gasteiger partial charge in [0.25, 0.3) is 0 Å². The van der Waals surface area contributed by atoms with Gasteiger partial charge in [0.1, 0.15) is 0 Å². The summed E-state index contributed by atoms with van der Waals surface area (Å²) in [6.07, 6.45) is 3.12. The van der Waals surface area contributed by atoms with Gasteiger partial charge in [-0.15, -0.1) is 11.3 Å². The quantitative estimate of drug-likeness (QED) is 0.763. The molecule has 0 unspecified atom stereocenters. The summed E-state index contributed by atoms with van der Waals surface area (Å²) in [5.41, 5.74) is 8.31. The standard InChI is InChI=1S/C15H16N2S/c16-8-6-12-3-1-5-15-14(12)7-9-17(15)11-13-4-2-10-18-13/h1-5,7,9-10H,6,8,11,16H2. The number of hydrogen-bond acceptors (Lipinski definition) is 2. The maximum absolute atomic E-state index is 5.66. The highest BCUT2D eigenvalue weighted by molar-refractivity contribution is 7.09. The first-order chi connectivity index (χ1) is 8.88. The van der Waals surface area contributed by atoms with Crippen LogP contribution in [0.4, 0.5) is 0 Å². The molecule has 1 aromatic carbocycles. The predicted octanol–water partition coefficient (Wildman–Crippen LogP) is 3.25. The van der Waals surface area contributed by atoms with Crippen LogP contribution in [-0.2, 0) is 13.0 Å². The molecule has 0 saturated carbocycles. The second-order valence-electron chi connectivity index (χ2n) is 4.41. The minimum Gasteiger partial charge on any atom is -0.342 e. The first-order valence-corrected chi connectivity index (χ1v) is 7.05. The van der Waals surface area contributed by atoms with E-state index in [4.69, 9.17) is 5.73 Å². The van der Waals surface area contributed by atoms with Crippen LogP contribution in [0.15, 0.2) is 48.0 Å². The highest BCUT2D eigenvalue weighted by atomic mass is 32.1. The van der Waals surface area contributed by atoms with Gasteiger partial charge in [-0.25, -0.2) is 0 Å². The zero-order valence-corrected chi connectivity index (χ0v) is 11.0. The van der Waals surface area contributed by atoms with E-state index < -0.39 is 0 Å². The molecule has 0 bridgehead atoms. The number of nitrogens with two attached hydrogens (primary N) is 1. The van der Waals surface area contributed by atoms with Crippen LogP contribution in [0.2, 0.25) is 0 Å². The van der Waals surface area contributed by atoms with Gasteiger partial charge in [0.2, 0.25) is 0 Å². The fourth-order valence-electron chi connectivity index (χ4n) is 2.37. The molecule has 2 nitrogen and oxygen atoms in total. The Bertz CT molecular complexity index is 638. The van der Waals surface area contributed by atoms with E-state index in [2.05, 4.69) is 52.5 Å². The maximum Gasteiger partial charge on any atom is 0.0569 e. The lowest BCUT2D eigenvalue weighted by Crippen LogP contribution is -2.03. The third kappa shape index (κ3) is 2.07. The third-order valence-electron chi connectivity index (χ3n) is 3.22. The lowest BCUT2D eigenvalue weighted by atomic mass is 10.1. The summed E-state index contributed by atoms with van der Waals surface area (Å²) >= 11 is 1.80.